The zero-order valence-electron chi connectivity index (χ0n) is 7.57. The van der Waals surface area contributed by atoms with Crippen molar-refractivity contribution in [2.45, 2.75) is 40.0 Å². The van der Waals surface area contributed by atoms with E-state index in [2.05, 4.69) is 26.8 Å². The highest BCUT2D eigenvalue weighted by molar-refractivity contribution is 5.24. The largest absolute Gasteiger partial charge is 0.198 e. The molecule has 0 aromatic rings. The van der Waals surface area contributed by atoms with Crippen LogP contribution in [-0.4, -0.2) is 0 Å². The zero-order valence-corrected chi connectivity index (χ0v) is 7.57. The summed E-state index contributed by atoms with van der Waals surface area (Å²) in [7, 11) is 0. The van der Waals surface area contributed by atoms with Gasteiger partial charge in [0.15, 0.2) is 0 Å². The molecule has 0 aliphatic heterocycles. The van der Waals surface area contributed by atoms with Crippen molar-refractivity contribution in [2.75, 3.05) is 0 Å². The Kier molecular flexibility index (Phi) is 2.04. The lowest BCUT2D eigenvalue weighted by Gasteiger charge is -2.16. The number of rotatable bonds is 1. The lowest BCUT2D eigenvalue weighted by molar-refractivity contribution is 0.388. The quantitative estimate of drug-likeness (QED) is 0.526. The zero-order chi connectivity index (χ0) is 8.48. The van der Waals surface area contributed by atoms with E-state index in [0.29, 0.717) is 11.8 Å². The van der Waals surface area contributed by atoms with Crippen LogP contribution in [-0.2, 0) is 0 Å². The van der Waals surface area contributed by atoms with Gasteiger partial charge < -0.3 is 0 Å². The summed E-state index contributed by atoms with van der Waals surface area (Å²) < 4.78 is 0. The third-order valence-corrected chi connectivity index (χ3v) is 2.33. The van der Waals surface area contributed by atoms with E-state index in [9.17, 15) is 0 Å². The van der Waals surface area contributed by atoms with Crippen molar-refractivity contribution in [3.05, 3.63) is 11.1 Å². The van der Waals surface area contributed by atoms with Crippen molar-refractivity contribution in [3.63, 3.8) is 0 Å². The maximum atomic E-state index is 8.53. The molecule has 0 bridgehead atoms. The predicted molar refractivity (Wildman–Crippen MR) is 45.9 cm³/mol. The Hall–Kier alpha value is -0.770. The lowest BCUT2D eigenvalue weighted by atomic mass is 9.89. The van der Waals surface area contributed by atoms with E-state index in [1.165, 1.54) is 17.6 Å². The van der Waals surface area contributed by atoms with Crippen molar-refractivity contribution in [2.24, 2.45) is 5.41 Å². The molecule has 0 aromatic heterocycles. The molecule has 0 heterocycles. The summed E-state index contributed by atoms with van der Waals surface area (Å²) in [5.74, 6) is 0. The summed E-state index contributed by atoms with van der Waals surface area (Å²) in [4.78, 5) is 0. The van der Waals surface area contributed by atoms with Crippen LogP contribution in [0.4, 0.5) is 0 Å². The second-order valence-corrected chi connectivity index (χ2v) is 4.24. The Balaban J connectivity index is 2.69. The molecule has 0 fully saturated rings. The van der Waals surface area contributed by atoms with Crippen molar-refractivity contribution in [3.8, 4) is 6.07 Å². The first-order valence-electron chi connectivity index (χ1n) is 4.09. The molecule has 0 amide bonds. The monoisotopic (exact) mass is 149 g/mol. The molecule has 0 spiro atoms. The number of nitrogens with zero attached hydrogens (tertiary/aromatic N) is 1. The van der Waals surface area contributed by atoms with Crippen LogP contribution in [0.2, 0.25) is 0 Å². The highest BCUT2D eigenvalue weighted by Gasteiger charge is 2.27. The van der Waals surface area contributed by atoms with Crippen LogP contribution in [0.3, 0.4) is 0 Å². The molecule has 0 unspecified atom stereocenters. The van der Waals surface area contributed by atoms with Crippen LogP contribution in [0.15, 0.2) is 11.1 Å². The van der Waals surface area contributed by atoms with Crippen LogP contribution < -0.4 is 0 Å². The van der Waals surface area contributed by atoms with Crippen molar-refractivity contribution < 1.29 is 0 Å². The van der Waals surface area contributed by atoms with Gasteiger partial charge in [0.2, 0.25) is 0 Å². The second kappa shape index (κ2) is 2.70. The van der Waals surface area contributed by atoms with E-state index < -0.39 is 0 Å². The van der Waals surface area contributed by atoms with E-state index in [1.54, 1.807) is 0 Å². The Morgan fingerprint density at radius 2 is 2.09 bits per heavy atom. The number of hydrogen-bond donors (Lipinski definition) is 0. The average Bonchev–Trinajstić information content (AvgIpc) is 2.07. The maximum Gasteiger partial charge on any atom is 0.0666 e. The Labute approximate surface area is 68.7 Å². The molecule has 1 nitrogen and oxygen atoms in total. The number of allylic oxidation sites excluding steroid dienone is 2. The average molecular weight is 149 g/mol. The fourth-order valence-electron chi connectivity index (χ4n) is 1.94. The Morgan fingerprint density at radius 1 is 1.45 bits per heavy atom. The van der Waals surface area contributed by atoms with Gasteiger partial charge in [-0.25, -0.2) is 0 Å². The van der Waals surface area contributed by atoms with Crippen LogP contribution in [0.1, 0.15) is 40.0 Å². The van der Waals surface area contributed by atoms with E-state index in [0.717, 1.165) is 6.42 Å². The minimum absolute atomic E-state index is 0.413. The first kappa shape index (κ1) is 8.33. The molecule has 1 aliphatic carbocycles. The lowest BCUT2D eigenvalue weighted by Crippen LogP contribution is -2.04. The van der Waals surface area contributed by atoms with Gasteiger partial charge in [-0.2, -0.15) is 5.26 Å². The predicted octanol–water partition coefficient (Wildman–Crippen LogP) is 3.04. The Bertz CT molecular complexity index is 228. The Morgan fingerprint density at radius 3 is 2.45 bits per heavy atom. The van der Waals surface area contributed by atoms with Crippen molar-refractivity contribution in [1.29, 1.82) is 5.26 Å². The molecule has 0 aromatic carbocycles. The summed E-state index contributed by atoms with van der Waals surface area (Å²) in [6.07, 6.45) is 2.92. The van der Waals surface area contributed by atoms with Gasteiger partial charge >= 0.3 is 0 Å². The van der Waals surface area contributed by atoms with Gasteiger partial charge in [0.25, 0.3) is 0 Å². The molecule has 0 saturated heterocycles. The first-order chi connectivity index (χ1) is 5.05. The third kappa shape index (κ3) is 1.83. The molecule has 1 aliphatic rings. The van der Waals surface area contributed by atoms with Crippen molar-refractivity contribution in [1.82, 2.24) is 0 Å². The molecular formula is C10H15N. The second-order valence-electron chi connectivity index (χ2n) is 4.24. The van der Waals surface area contributed by atoms with Gasteiger partial charge in [0.1, 0.15) is 0 Å². The molecule has 11 heavy (non-hydrogen) atoms. The molecule has 1 rings (SSSR count). The van der Waals surface area contributed by atoms with E-state index in [-0.39, 0.29) is 0 Å². The molecule has 60 valence electrons. The summed E-state index contributed by atoms with van der Waals surface area (Å²) in [6, 6.07) is 2.22. The van der Waals surface area contributed by atoms with Crippen LogP contribution in [0.5, 0.6) is 0 Å². The third-order valence-electron chi connectivity index (χ3n) is 2.33. The van der Waals surface area contributed by atoms with Crippen LogP contribution in [0.25, 0.3) is 0 Å². The molecular weight excluding hydrogens is 134 g/mol. The fourth-order valence-corrected chi connectivity index (χ4v) is 1.94. The first-order valence-corrected chi connectivity index (χ1v) is 4.09. The molecule has 0 saturated carbocycles. The van der Waals surface area contributed by atoms with E-state index in [4.69, 9.17) is 5.26 Å². The normalized spacial score (nSPS) is 22.0. The fraction of sp³-hybridized carbons (Fsp3) is 0.700. The summed E-state index contributed by atoms with van der Waals surface area (Å²) in [6.45, 7) is 6.68. The van der Waals surface area contributed by atoms with Gasteiger partial charge in [0.05, 0.1) is 12.5 Å². The molecule has 0 atom stereocenters. The van der Waals surface area contributed by atoms with Gasteiger partial charge in [-0.15, -0.1) is 0 Å². The highest BCUT2D eigenvalue weighted by Crippen LogP contribution is 2.41. The van der Waals surface area contributed by atoms with Crippen molar-refractivity contribution >= 4 is 0 Å². The standard InChI is InChI=1S/C10H15N/c1-8-6-10(2,3)7-9(8)4-5-11/h4,6-7H2,1-3H3. The van der Waals surface area contributed by atoms with Crippen LogP contribution in [0, 0.1) is 16.7 Å². The smallest absolute Gasteiger partial charge is 0.0666 e. The highest BCUT2D eigenvalue weighted by atomic mass is 14.3. The van der Waals surface area contributed by atoms with Crippen LogP contribution >= 0.6 is 0 Å². The number of hydrogen-bond acceptors (Lipinski definition) is 1. The van der Waals surface area contributed by atoms with E-state index >= 15 is 0 Å². The SMILES string of the molecule is CC1=C(CC#N)CC(C)(C)C1. The molecule has 1 heteroatoms. The number of nitriles is 1. The molecule has 0 N–H and O–H groups in total. The minimum Gasteiger partial charge on any atom is -0.198 e. The van der Waals surface area contributed by atoms with Gasteiger partial charge in [-0.3, -0.25) is 0 Å². The summed E-state index contributed by atoms with van der Waals surface area (Å²) in [5, 5.41) is 8.53. The van der Waals surface area contributed by atoms with Gasteiger partial charge in [-0.1, -0.05) is 25.0 Å². The van der Waals surface area contributed by atoms with Gasteiger partial charge in [-0.05, 0) is 25.2 Å². The summed E-state index contributed by atoms with van der Waals surface area (Å²) >= 11 is 0. The summed E-state index contributed by atoms with van der Waals surface area (Å²) in [5.41, 5.74) is 3.23. The van der Waals surface area contributed by atoms with E-state index in [1.807, 2.05) is 0 Å². The molecule has 0 radical (unpaired) electrons. The minimum atomic E-state index is 0.413. The topological polar surface area (TPSA) is 23.8 Å². The van der Waals surface area contributed by atoms with Gasteiger partial charge in [0, 0.05) is 0 Å². The maximum absolute atomic E-state index is 8.53.